The SMILES string of the molecule is COc1cc(C(c2cc(C)c(O)c(C)c2)c2cc(C)c(O)c(C)c2)ccc1OS(=O)(=O)c1cccc2c1C=CC(=[N+]=[N-])C2=O. The van der Waals surface area contributed by atoms with Crippen molar-refractivity contribution >= 4 is 27.7 Å². The number of hydrogen-bond donors (Lipinski definition) is 2. The average Bonchev–Trinajstić information content (AvgIpc) is 2.99. The van der Waals surface area contributed by atoms with Crippen molar-refractivity contribution in [1.82, 2.24) is 0 Å². The standard InChI is InChI=1S/C34H30N2O7S/c1-18-13-23(14-19(2)32(18)37)31(24-15-20(3)33(38)21(4)16-24)22-9-12-28(29(17-22)42-5)43-44(40,41)30-8-6-7-26-25(30)10-11-27(36-35)34(26)39/h6-17,31,37-38H,1-5H3. The Morgan fingerprint density at radius 1 is 0.773 bits per heavy atom. The molecule has 1 aliphatic carbocycles. The third-order valence-electron chi connectivity index (χ3n) is 7.74. The molecule has 1 aliphatic rings. The maximum Gasteiger partial charge on any atom is 0.362 e. The van der Waals surface area contributed by atoms with Crippen LogP contribution in [-0.4, -0.2) is 42.0 Å². The number of Topliss-reactive ketones (excluding diaryl/α,β-unsaturated/α-hetero) is 1. The lowest BCUT2D eigenvalue weighted by atomic mass is 9.82. The van der Waals surface area contributed by atoms with Gasteiger partial charge in [0.25, 0.3) is 5.78 Å². The summed E-state index contributed by atoms with van der Waals surface area (Å²) in [7, 11) is -3.04. The molecule has 0 spiro atoms. The van der Waals surface area contributed by atoms with E-state index in [0.29, 0.717) is 22.3 Å². The van der Waals surface area contributed by atoms with E-state index < -0.39 is 15.9 Å². The van der Waals surface area contributed by atoms with Gasteiger partial charge < -0.3 is 24.7 Å². The van der Waals surface area contributed by atoms with Crippen LogP contribution in [0.25, 0.3) is 11.6 Å². The number of ketones is 1. The summed E-state index contributed by atoms with van der Waals surface area (Å²) in [6.07, 6.45) is 2.62. The molecule has 10 heteroatoms. The first kappa shape index (κ1) is 30.3. The predicted octanol–water partition coefficient (Wildman–Crippen LogP) is 6.17. The highest BCUT2D eigenvalue weighted by Crippen LogP contribution is 2.41. The van der Waals surface area contributed by atoms with Crippen LogP contribution < -0.4 is 8.92 Å². The Morgan fingerprint density at radius 2 is 1.34 bits per heavy atom. The highest BCUT2D eigenvalue weighted by molar-refractivity contribution is 7.87. The quantitative estimate of drug-likeness (QED) is 0.110. The molecule has 5 rings (SSSR count). The van der Waals surface area contributed by atoms with Gasteiger partial charge in [-0.1, -0.05) is 42.5 Å². The van der Waals surface area contributed by atoms with Gasteiger partial charge in [-0.05, 0) is 90.9 Å². The molecule has 2 N–H and O–H groups in total. The summed E-state index contributed by atoms with van der Waals surface area (Å²) >= 11 is 0. The van der Waals surface area contributed by atoms with Gasteiger partial charge in [0.05, 0.1) is 7.11 Å². The second-order valence-corrected chi connectivity index (χ2v) is 12.3. The molecule has 4 aromatic rings. The van der Waals surface area contributed by atoms with E-state index in [1.807, 2.05) is 52.0 Å². The van der Waals surface area contributed by atoms with Crippen LogP contribution in [0.5, 0.6) is 23.0 Å². The highest BCUT2D eigenvalue weighted by atomic mass is 32.2. The average molecular weight is 611 g/mol. The van der Waals surface area contributed by atoms with E-state index in [4.69, 9.17) is 14.5 Å². The molecule has 0 unspecified atom stereocenters. The molecule has 0 aromatic heterocycles. The molecule has 44 heavy (non-hydrogen) atoms. The third kappa shape index (κ3) is 5.37. The Kier molecular flexibility index (Phi) is 7.90. The first-order valence-corrected chi connectivity index (χ1v) is 15.1. The molecule has 0 aliphatic heterocycles. The Balaban J connectivity index is 1.61. The van der Waals surface area contributed by atoms with Gasteiger partial charge in [0.15, 0.2) is 11.5 Å². The predicted molar refractivity (Wildman–Crippen MR) is 165 cm³/mol. The monoisotopic (exact) mass is 610 g/mol. The topological polar surface area (TPSA) is 147 Å². The molecule has 4 aromatic carbocycles. The largest absolute Gasteiger partial charge is 0.507 e. The van der Waals surface area contributed by atoms with Crippen LogP contribution >= 0.6 is 0 Å². The Morgan fingerprint density at radius 3 is 1.86 bits per heavy atom. The summed E-state index contributed by atoms with van der Waals surface area (Å²) in [5.41, 5.74) is 14.4. The third-order valence-corrected chi connectivity index (χ3v) is 9.04. The summed E-state index contributed by atoms with van der Waals surface area (Å²) in [5.74, 6) is -0.484. The van der Waals surface area contributed by atoms with Crippen LogP contribution in [-0.2, 0) is 10.1 Å². The number of aromatic hydroxyl groups is 2. The minimum absolute atomic E-state index is 0.0625. The van der Waals surface area contributed by atoms with Crippen molar-refractivity contribution in [3.05, 3.63) is 122 Å². The van der Waals surface area contributed by atoms with Crippen LogP contribution in [0.1, 0.15) is 60.8 Å². The van der Waals surface area contributed by atoms with Crippen LogP contribution in [0.2, 0.25) is 0 Å². The van der Waals surface area contributed by atoms with Gasteiger partial charge >= 0.3 is 15.8 Å². The van der Waals surface area contributed by atoms with Crippen molar-refractivity contribution in [2.24, 2.45) is 0 Å². The summed E-state index contributed by atoms with van der Waals surface area (Å²) in [6, 6.07) is 16.7. The first-order valence-electron chi connectivity index (χ1n) is 13.7. The number of allylic oxidation sites excluding steroid dienone is 1. The number of carbonyl (C=O) groups excluding carboxylic acids is 1. The zero-order valence-electron chi connectivity index (χ0n) is 24.7. The van der Waals surface area contributed by atoms with Crippen molar-refractivity contribution in [1.29, 1.82) is 0 Å². The van der Waals surface area contributed by atoms with E-state index in [1.54, 1.807) is 12.1 Å². The number of phenolic OH excluding ortho intramolecular Hbond substituents is 2. The zero-order chi connectivity index (χ0) is 31.9. The molecule has 0 atom stereocenters. The molecular formula is C34H30N2O7S. The summed E-state index contributed by atoms with van der Waals surface area (Å²) in [5, 5.41) is 20.9. The fourth-order valence-electron chi connectivity index (χ4n) is 5.57. The lowest BCUT2D eigenvalue weighted by Crippen LogP contribution is -2.20. The number of methoxy groups -OCH3 is 1. The number of rotatable bonds is 7. The van der Waals surface area contributed by atoms with Crippen LogP contribution in [0, 0.1) is 27.7 Å². The maximum absolute atomic E-state index is 13.5. The Bertz CT molecular complexity index is 1940. The molecule has 0 saturated carbocycles. The van der Waals surface area contributed by atoms with E-state index in [0.717, 1.165) is 16.7 Å². The molecule has 0 amide bonds. The zero-order valence-corrected chi connectivity index (χ0v) is 25.6. The fraction of sp³-hybridized carbons (Fsp3) is 0.176. The van der Waals surface area contributed by atoms with Crippen molar-refractivity contribution < 1.29 is 37.1 Å². The molecule has 224 valence electrons. The number of phenols is 2. The first-order chi connectivity index (χ1) is 20.9. The molecule has 0 bridgehead atoms. The van der Waals surface area contributed by atoms with Crippen LogP contribution in [0.15, 0.2) is 71.6 Å². The van der Waals surface area contributed by atoms with Gasteiger partial charge in [-0.15, -0.1) is 0 Å². The van der Waals surface area contributed by atoms with Crippen LogP contribution in [0.3, 0.4) is 0 Å². The molecule has 0 heterocycles. The van der Waals surface area contributed by atoms with Gasteiger partial charge in [-0.25, -0.2) is 0 Å². The van der Waals surface area contributed by atoms with E-state index in [9.17, 15) is 23.4 Å². The second kappa shape index (κ2) is 11.5. The molecular weight excluding hydrogens is 580 g/mol. The summed E-state index contributed by atoms with van der Waals surface area (Å²) < 4.78 is 38.2. The highest BCUT2D eigenvalue weighted by Gasteiger charge is 2.32. The van der Waals surface area contributed by atoms with Gasteiger partial charge in [0.1, 0.15) is 16.4 Å². The summed E-state index contributed by atoms with van der Waals surface area (Å²) in [4.78, 5) is 15.3. The van der Waals surface area contributed by atoms with Gasteiger partial charge in [0, 0.05) is 23.1 Å². The number of hydrogen-bond acceptors (Lipinski definition) is 7. The molecule has 9 nitrogen and oxygen atoms in total. The van der Waals surface area contributed by atoms with Crippen molar-refractivity contribution in [2.45, 2.75) is 38.5 Å². The van der Waals surface area contributed by atoms with E-state index >= 15 is 0 Å². The number of nitrogens with zero attached hydrogens (tertiary/aromatic N) is 2. The minimum atomic E-state index is -4.45. The Labute approximate surface area is 255 Å². The van der Waals surface area contributed by atoms with Gasteiger partial charge in [-0.3, -0.25) is 4.79 Å². The summed E-state index contributed by atoms with van der Waals surface area (Å²) in [6.45, 7) is 7.28. The van der Waals surface area contributed by atoms with E-state index in [-0.39, 0.29) is 50.7 Å². The Hall–Kier alpha value is -5.18. The molecule has 0 saturated heterocycles. The number of carbonyl (C=O) groups is 1. The minimum Gasteiger partial charge on any atom is -0.507 e. The molecule has 0 radical (unpaired) electrons. The van der Waals surface area contributed by atoms with E-state index in [1.165, 1.54) is 43.5 Å². The van der Waals surface area contributed by atoms with Crippen molar-refractivity contribution in [3.8, 4) is 23.0 Å². The van der Waals surface area contributed by atoms with E-state index in [2.05, 4.69) is 4.79 Å². The van der Waals surface area contributed by atoms with Crippen LogP contribution in [0.4, 0.5) is 0 Å². The lowest BCUT2D eigenvalue weighted by molar-refractivity contribution is -0.00436. The number of benzene rings is 4. The smallest absolute Gasteiger partial charge is 0.362 e. The normalized spacial score (nSPS) is 12.7. The maximum atomic E-state index is 13.5. The van der Waals surface area contributed by atoms with Crippen molar-refractivity contribution in [2.75, 3.05) is 7.11 Å². The number of aryl methyl sites for hydroxylation is 4. The number of fused-ring (bicyclic) bond motifs is 1. The fourth-order valence-corrected chi connectivity index (χ4v) is 6.73. The second-order valence-electron chi connectivity index (χ2n) is 10.8. The van der Waals surface area contributed by atoms with Gasteiger partial charge in [-0.2, -0.15) is 13.2 Å². The van der Waals surface area contributed by atoms with Gasteiger partial charge in [0.2, 0.25) is 0 Å². The number of ether oxygens (including phenoxy) is 1. The van der Waals surface area contributed by atoms with Crippen molar-refractivity contribution in [3.63, 3.8) is 0 Å². The lowest BCUT2D eigenvalue weighted by Gasteiger charge is -2.23. The molecule has 0 fully saturated rings.